The summed E-state index contributed by atoms with van der Waals surface area (Å²) in [5, 5.41) is 2.91. The number of carbonyl (C=O) groups is 2. The highest BCUT2D eigenvalue weighted by Crippen LogP contribution is 2.23. The maximum Gasteiger partial charge on any atom is 0.258 e. The van der Waals surface area contributed by atoms with Crippen LogP contribution in [0.15, 0.2) is 18.2 Å². The summed E-state index contributed by atoms with van der Waals surface area (Å²) in [7, 11) is -3.07. The number of nitrogens with two attached hydrogens (primary N) is 1. The van der Waals surface area contributed by atoms with Crippen molar-refractivity contribution in [3.05, 3.63) is 28.8 Å². The lowest BCUT2D eigenvalue weighted by Crippen LogP contribution is -2.38. The molecule has 0 unspecified atom stereocenters. The Morgan fingerprint density at radius 2 is 2.14 bits per heavy atom. The normalized spacial score (nSPS) is 19.6. The predicted octanol–water partition coefficient (Wildman–Crippen LogP) is 0.121. The zero-order valence-electron chi connectivity index (χ0n) is 11.5. The molecule has 2 rings (SSSR count). The van der Waals surface area contributed by atoms with E-state index in [2.05, 4.69) is 5.32 Å². The van der Waals surface area contributed by atoms with E-state index in [0.29, 0.717) is 11.4 Å². The summed E-state index contributed by atoms with van der Waals surface area (Å²) in [6.07, 6.45) is 0.387. The number of nitrogens with one attached hydrogen (secondary N) is 1. The Labute approximate surface area is 132 Å². The highest BCUT2D eigenvalue weighted by molar-refractivity contribution is 7.91. The second-order valence-electron chi connectivity index (χ2n) is 4.96. The van der Waals surface area contributed by atoms with Crippen LogP contribution in [0.4, 0.5) is 0 Å². The fourth-order valence-corrected chi connectivity index (χ4v) is 3.98. The van der Waals surface area contributed by atoms with Crippen LogP contribution >= 0.6 is 11.6 Å². The topological polar surface area (TPSA) is 116 Å². The van der Waals surface area contributed by atoms with Crippen molar-refractivity contribution in [2.24, 2.45) is 5.73 Å². The van der Waals surface area contributed by atoms with Gasteiger partial charge in [-0.15, -0.1) is 0 Å². The van der Waals surface area contributed by atoms with E-state index in [9.17, 15) is 18.0 Å². The molecule has 1 aromatic carbocycles. The fraction of sp³-hybridized carbons (Fsp3) is 0.385. The molecule has 0 aromatic heterocycles. The smallest absolute Gasteiger partial charge is 0.258 e. The van der Waals surface area contributed by atoms with E-state index in [0.717, 1.165) is 0 Å². The molecule has 1 heterocycles. The summed E-state index contributed by atoms with van der Waals surface area (Å²) in [6, 6.07) is 3.87. The first-order valence-corrected chi connectivity index (χ1v) is 8.69. The molecule has 0 saturated carbocycles. The van der Waals surface area contributed by atoms with Gasteiger partial charge in [0.25, 0.3) is 11.8 Å². The molecule has 3 N–H and O–H groups in total. The Kier molecular flexibility index (Phi) is 4.92. The molecule has 1 atom stereocenters. The minimum Gasteiger partial charge on any atom is -0.483 e. The average Bonchev–Trinajstić information content (AvgIpc) is 2.75. The molecule has 1 fully saturated rings. The Hall–Kier alpha value is -1.80. The first-order chi connectivity index (χ1) is 10.3. The largest absolute Gasteiger partial charge is 0.483 e. The quantitative estimate of drug-likeness (QED) is 0.785. The third kappa shape index (κ3) is 4.35. The number of carbonyl (C=O) groups excluding carboxylic acids is 2. The molecule has 1 aliphatic heterocycles. The van der Waals surface area contributed by atoms with Crippen LogP contribution < -0.4 is 15.8 Å². The minimum atomic E-state index is -3.07. The minimum absolute atomic E-state index is 0.0670. The molecular formula is C13H15ClN2O5S. The van der Waals surface area contributed by atoms with Gasteiger partial charge in [-0.3, -0.25) is 9.59 Å². The fourth-order valence-electron chi connectivity index (χ4n) is 2.14. The molecule has 0 bridgehead atoms. The van der Waals surface area contributed by atoms with Crippen molar-refractivity contribution in [1.29, 1.82) is 0 Å². The maximum absolute atomic E-state index is 11.8. The Morgan fingerprint density at radius 1 is 1.41 bits per heavy atom. The Bertz CT molecular complexity index is 704. The van der Waals surface area contributed by atoms with Crippen LogP contribution in [0.25, 0.3) is 0 Å². The van der Waals surface area contributed by atoms with Crippen LogP contribution in [-0.4, -0.2) is 44.4 Å². The first-order valence-electron chi connectivity index (χ1n) is 6.49. The van der Waals surface area contributed by atoms with Crippen molar-refractivity contribution in [2.75, 3.05) is 18.1 Å². The lowest BCUT2D eigenvalue weighted by molar-refractivity contribution is -0.123. The SMILES string of the molecule is NC(=O)c1ccc(Cl)cc1OCC(=O)N[C@@H]1CCS(=O)(=O)C1. The van der Waals surface area contributed by atoms with Gasteiger partial charge in [0.15, 0.2) is 16.4 Å². The van der Waals surface area contributed by atoms with E-state index < -0.39 is 27.7 Å². The van der Waals surface area contributed by atoms with Gasteiger partial charge >= 0.3 is 0 Å². The predicted molar refractivity (Wildman–Crippen MR) is 80.7 cm³/mol. The zero-order chi connectivity index (χ0) is 16.3. The number of primary amides is 1. The van der Waals surface area contributed by atoms with Gasteiger partial charge in [0.2, 0.25) is 0 Å². The number of hydrogen-bond acceptors (Lipinski definition) is 5. The number of ether oxygens (including phenoxy) is 1. The monoisotopic (exact) mass is 346 g/mol. The highest BCUT2D eigenvalue weighted by atomic mass is 35.5. The van der Waals surface area contributed by atoms with Crippen molar-refractivity contribution in [3.63, 3.8) is 0 Å². The first kappa shape index (κ1) is 16.6. The number of benzene rings is 1. The summed E-state index contributed by atoms with van der Waals surface area (Å²) in [5.74, 6) is -1.07. The average molecular weight is 347 g/mol. The second-order valence-corrected chi connectivity index (χ2v) is 7.63. The van der Waals surface area contributed by atoms with Crippen molar-refractivity contribution in [1.82, 2.24) is 5.32 Å². The lowest BCUT2D eigenvalue weighted by atomic mass is 10.2. The molecule has 120 valence electrons. The summed E-state index contributed by atoms with van der Waals surface area (Å²) < 4.78 is 27.9. The van der Waals surface area contributed by atoms with Crippen molar-refractivity contribution in [3.8, 4) is 5.75 Å². The van der Waals surface area contributed by atoms with E-state index in [4.69, 9.17) is 22.1 Å². The molecule has 1 aromatic rings. The third-order valence-corrected chi connectivity index (χ3v) is 5.17. The van der Waals surface area contributed by atoms with Crippen molar-refractivity contribution >= 4 is 33.3 Å². The van der Waals surface area contributed by atoms with Crippen LogP contribution in [0.1, 0.15) is 16.8 Å². The van der Waals surface area contributed by atoms with E-state index in [1.807, 2.05) is 0 Å². The van der Waals surface area contributed by atoms with Gasteiger partial charge < -0.3 is 15.8 Å². The lowest BCUT2D eigenvalue weighted by Gasteiger charge is -2.13. The molecule has 0 aliphatic carbocycles. The molecular weight excluding hydrogens is 332 g/mol. The molecule has 9 heteroatoms. The van der Waals surface area contributed by atoms with Crippen molar-refractivity contribution in [2.45, 2.75) is 12.5 Å². The van der Waals surface area contributed by atoms with Crippen LogP contribution in [0, 0.1) is 0 Å². The van der Waals surface area contributed by atoms with Crippen LogP contribution in [-0.2, 0) is 14.6 Å². The summed E-state index contributed by atoms with van der Waals surface area (Å²) >= 11 is 5.81. The standard InChI is InChI=1S/C13H15ClN2O5S/c14-8-1-2-10(13(15)18)11(5-8)21-6-12(17)16-9-3-4-22(19,20)7-9/h1-2,5,9H,3-4,6-7H2,(H2,15,18)(H,16,17)/t9-/m1/s1. The van der Waals surface area contributed by atoms with Gasteiger partial charge in [0, 0.05) is 11.1 Å². The van der Waals surface area contributed by atoms with E-state index in [-0.39, 0.29) is 29.4 Å². The number of hydrogen-bond donors (Lipinski definition) is 2. The summed E-state index contributed by atoms with van der Waals surface area (Å²) in [5.41, 5.74) is 5.32. The number of amides is 2. The summed E-state index contributed by atoms with van der Waals surface area (Å²) in [4.78, 5) is 23.0. The van der Waals surface area contributed by atoms with Gasteiger partial charge in [0.05, 0.1) is 17.1 Å². The molecule has 0 radical (unpaired) electrons. The Morgan fingerprint density at radius 3 is 2.73 bits per heavy atom. The van der Waals surface area contributed by atoms with E-state index in [1.165, 1.54) is 18.2 Å². The van der Waals surface area contributed by atoms with E-state index in [1.54, 1.807) is 0 Å². The van der Waals surface area contributed by atoms with Crippen LogP contribution in [0.2, 0.25) is 5.02 Å². The van der Waals surface area contributed by atoms with Gasteiger partial charge in [0.1, 0.15) is 5.75 Å². The van der Waals surface area contributed by atoms with Gasteiger partial charge in [-0.05, 0) is 24.6 Å². The Balaban J connectivity index is 1.94. The van der Waals surface area contributed by atoms with Crippen LogP contribution in [0.5, 0.6) is 5.75 Å². The molecule has 1 saturated heterocycles. The zero-order valence-corrected chi connectivity index (χ0v) is 13.1. The highest BCUT2D eigenvalue weighted by Gasteiger charge is 2.28. The molecule has 22 heavy (non-hydrogen) atoms. The second kappa shape index (κ2) is 6.53. The van der Waals surface area contributed by atoms with Gasteiger partial charge in [-0.1, -0.05) is 11.6 Å². The number of rotatable bonds is 5. The van der Waals surface area contributed by atoms with E-state index >= 15 is 0 Å². The number of sulfone groups is 1. The molecule has 0 spiro atoms. The van der Waals surface area contributed by atoms with Gasteiger partial charge in [-0.25, -0.2) is 8.42 Å². The summed E-state index contributed by atoms with van der Waals surface area (Å²) in [6.45, 7) is -0.364. The van der Waals surface area contributed by atoms with Crippen molar-refractivity contribution < 1.29 is 22.7 Å². The molecule has 2 amide bonds. The number of halogens is 1. The molecule has 1 aliphatic rings. The maximum atomic E-state index is 11.8. The van der Waals surface area contributed by atoms with Crippen LogP contribution in [0.3, 0.4) is 0 Å². The van der Waals surface area contributed by atoms with Gasteiger partial charge in [-0.2, -0.15) is 0 Å². The molecule has 7 nitrogen and oxygen atoms in total. The third-order valence-electron chi connectivity index (χ3n) is 3.17.